The van der Waals surface area contributed by atoms with Crippen LogP contribution in [0, 0.1) is 9.81 Å². The molecule has 0 radical (unpaired) electrons. The van der Waals surface area contributed by atoms with Gasteiger partial charge in [-0.15, -0.1) is 9.81 Å². The summed E-state index contributed by atoms with van der Waals surface area (Å²) in [6.45, 7) is 6.94. The van der Waals surface area contributed by atoms with Crippen molar-refractivity contribution in [2.75, 3.05) is 13.1 Å². The van der Waals surface area contributed by atoms with Gasteiger partial charge in [-0.25, -0.2) is 0 Å². The standard InChI is InChI=1S/C8H20NP.2HNO2/c1-3-5-7-9(10)8-6-4-2;2*2-1-3/h3-8,10H2,1-2H3;2*(H,2,3). The second-order valence-electron chi connectivity index (χ2n) is 2.91. The second kappa shape index (κ2) is 23.8. The fourth-order valence-electron chi connectivity index (χ4n) is 0.834. The minimum absolute atomic E-state index is 1.24. The van der Waals surface area contributed by atoms with Gasteiger partial charge in [0.2, 0.25) is 0 Å². The maximum atomic E-state index is 8.11. The lowest BCUT2D eigenvalue weighted by Crippen LogP contribution is -2.13. The highest BCUT2D eigenvalue weighted by Crippen LogP contribution is 2.03. The summed E-state index contributed by atoms with van der Waals surface area (Å²) in [5, 5.41) is 15.8. The zero-order valence-corrected chi connectivity index (χ0v) is 11.0. The summed E-state index contributed by atoms with van der Waals surface area (Å²) >= 11 is 0. The van der Waals surface area contributed by atoms with Crippen molar-refractivity contribution >= 4 is 9.39 Å². The van der Waals surface area contributed by atoms with Gasteiger partial charge >= 0.3 is 0 Å². The summed E-state index contributed by atoms with van der Waals surface area (Å²) in [7, 11) is 2.79. The molecule has 0 saturated carbocycles. The van der Waals surface area contributed by atoms with E-state index in [1.54, 1.807) is 0 Å². The Labute approximate surface area is 98.3 Å². The Morgan fingerprint density at radius 2 is 1.25 bits per heavy atom. The van der Waals surface area contributed by atoms with Crippen molar-refractivity contribution in [1.29, 1.82) is 0 Å². The van der Waals surface area contributed by atoms with Crippen molar-refractivity contribution in [3.63, 3.8) is 0 Å². The molecule has 0 aliphatic heterocycles. The van der Waals surface area contributed by atoms with E-state index in [1.807, 2.05) is 0 Å². The van der Waals surface area contributed by atoms with E-state index in [1.165, 1.54) is 49.5 Å². The average molecular weight is 255 g/mol. The smallest absolute Gasteiger partial charge is 0.152 e. The molecule has 0 aromatic heterocycles. The molecular formula is C8H22N3O4P. The number of rotatable bonds is 6. The SMILES string of the molecule is CCCCN(P)CCCC.O=NO.O=NO. The maximum Gasteiger partial charge on any atom is 0.152 e. The van der Waals surface area contributed by atoms with Crippen LogP contribution in [0.1, 0.15) is 39.5 Å². The molecule has 16 heavy (non-hydrogen) atoms. The Kier molecular flexibility index (Phi) is 30.6. The van der Waals surface area contributed by atoms with Crippen molar-refractivity contribution < 1.29 is 10.4 Å². The third kappa shape index (κ3) is 37.9. The van der Waals surface area contributed by atoms with Gasteiger partial charge in [0.05, 0.1) is 0 Å². The molecule has 0 spiro atoms. The molecule has 7 nitrogen and oxygen atoms in total. The lowest BCUT2D eigenvalue weighted by molar-refractivity contribution is 0.312. The fourth-order valence-corrected chi connectivity index (χ4v) is 1.20. The molecule has 1 unspecified atom stereocenters. The van der Waals surface area contributed by atoms with Gasteiger partial charge in [0.1, 0.15) is 0 Å². The Morgan fingerprint density at radius 3 is 1.44 bits per heavy atom. The highest BCUT2D eigenvalue weighted by Gasteiger charge is 1.94. The first-order valence-corrected chi connectivity index (χ1v) is 5.59. The van der Waals surface area contributed by atoms with Crippen molar-refractivity contribution in [1.82, 2.24) is 4.67 Å². The van der Waals surface area contributed by atoms with Crippen LogP contribution in [0.2, 0.25) is 0 Å². The first kappa shape index (κ1) is 20.6. The Morgan fingerprint density at radius 1 is 1.00 bits per heavy atom. The van der Waals surface area contributed by atoms with Gasteiger partial charge in [-0.05, 0) is 12.8 Å². The largest absolute Gasteiger partial charge is 0.379 e. The van der Waals surface area contributed by atoms with Gasteiger partial charge < -0.3 is 10.4 Å². The zero-order valence-electron chi connectivity index (χ0n) is 9.87. The van der Waals surface area contributed by atoms with E-state index >= 15 is 0 Å². The van der Waals surface area contributed by atoms with Gasteiger partial charge in [0, 0.05) is 13.1 Å². The van der Waals surface area contributed by atoms with Crippen LogP contribution in [0.4, 0.5) is 0 Å². The first-order valence-electron chi connectivity index (χ1n) is 5.07. The molecule has 0 rings (SSSR count). The topological polar surface area (TPSA) is 103 Å². The molecule has 0 aliphatic rings. The van der Waals surface area contributed by atoms with Crippen LogP contribution in [0.25, 0.3) is 0 Å². The summed E-state index contributed by atoms with van der Waals surface area (Å²) in [5.41, 5.74) is 0. The second-order valence-corrected chi connectivity index (χ2v) is 3.64. The molecule has 0 bridgehead atoms. The Balaban J connectivity index is -0.000000235. The molecule has 0 amide bonds. The van der Waals surface area contributed by atoms with E-state index < -0.39 is 0 Å². The molecule has 0 aromatic rings. The number of unbranched alkanes of at least 4 members (excludes halogenated alkanes) is 2. The van der Waals surface area contributed by atoms with Crippen molar-refractivity contribution in [3.8, 4) is 0 Å². The van der Waals surface area contributed by atoms with E-state index in [0.29, 0.717) is 0 Å². The summed E-state index contributed by atoms with van der Waals surface area (Å²) in [6, 6.07) is 0. The van der Waals surface area contributed by atoms with Crippen LogP contribution in [-0.4, -0.2) is 28.2 Å². The third-order valence-corrected chi connectivity index (χ3v) is 2.11. The van der Waals surface area contributed by atoms with Crippen LogP contribution in [-0.2, 0) is 0 Å². The summed E-state index contributed by atoms with van der Waals surface area (Å²) in [6.07, 6.45) is 5.26. The molecule has 8 heteroatoms. The highest BCUT2D eigenvalue weighted by molar-refractivity contribution is 7.13. The molecule has 0 aliphatic carbocycles. The van der Waals surface area contributed by atoms with Gasteiger partial charge in [-0.3, -0.25) is 4.67 Å². The number of hydrogen-bond donors (Lipinski definition) is 2. The van der Waals surface area contributed by atoms with E-state index in [2.05, 4.69) is 27.9 Å². The van der Waals surface area contributed by atoms with E-state index in [-0.39, 0.29) is 0 Å². The zero-order chi connectivity index (χ0) is 13.2. The molecule has 0 saturated heterocycles. The normalized spacial score (nSPS) is 8.25. The predicted molar refractivity (Wildman–Crippen MR) is 66.3 cm³/mol. The van der Waals surface area contributed by atoms with Crippen LogP contribution >= 0.6 is 9.39 Å². The minimum Gasteiger partial charge on any atom is -0.379 e. The lowest BCUT2D eigenvalue weighted by Gasteiger charge is -2.14. The third-order valence-electron chi connectivity index (χ3n) is 1.60. The summed E-state index contributed by atoms with van der Waals surface area (Å²) in [5.74, 6) is 0. The molecule has 2 N–H and O–H groups in total. The number of nitrogens with zero attached hydrogens (tertiary/aromatic N) is 3. The van der Waals surface area contributed by atoms with Crippen molar-refractivity contribution in [3.05, 3.63) is 9.81 Å². The lowest BCUT2D eigenvalue weighted by atomic mass is 10.3. The molecule has 1 atom stereocenters. The summed E-state index contributed by atoms with van der Waals surface area (Å²) in [4.78, 5) is 16.2. The van der Waals surface area contributed by atoms with E-state index in [4.69, 9.17) is 20.2 Å². The monoisotopic (exact) mass is 255 g/mol. The van der Waals surface area contributed by atoms with Gasteiger partial charge in [-0.2, -0.15) is 0 Å². The maximum absolute atomic E-state index is 8.11. The van der Waals surface area contributed by atoms with Gasteiger partial charge in [0.15, 0.2) is 10.7 Å². The van der Waals surface area contributed by atoms with Gasteiger partial charge in [-0.1, -0.05) is 36.1 Å². The first-order chi connectivity index (χ1) is 7.64. The van der Waals surface area contributed by atoms with Crippen LogP contribution in [0.3, 0.4) is 0 Å². The van der Waals surface area contributed by atoms with E-state index in [0.717, 1.165) is 0 Å². The Hall–Kier alpha value is -0.810. The molecule has 0 aromatic carbocycles. The van der Waals surface area contributed by atoms with Crippen LogP contribution in [0.15, 0.2) is 10.7 Å². The average Bonchev–Trinajstić information content (AvgIpc) is 2.25. The number of hydrogen-bond acceptors (Lipinski definition) is 5. The van der Waals surface area contributed by atoms with Crippen LogP contribution in [0.5, 0.6) is 0 Å². The quantitative estimate of drug-likeness (QED) is 0.431. The summed E-state index contributed by atoms with van der Waals surface area (Å²) < 4.78 is 2.34. The minimum atomic E-state index is 1.24. The molecule has 98 valence electrons. The van der Waals surface area contributed by atoms with Crippen LogP contribution < -0.4 is 0 Å². The van der Waals surface area contributed by atoms with E-state index in [9.17, 15) is 0 Å². The fraction of sp³-hybridized carbons (Fsp3) is 1.00. The molecule has 0 fully saturated rings. The molecule has 0 heterocycles. The predicted octanol–water partition coefficient (Wildman–Crippen LogP) is 2.96. The van der Waals surface area contributed by atoms with Gasteiger partial charge in [0.25, 0.3) is 0 Å². The Bertz CT molecular complexity index is 126. The van der Waals surface area contributed by atoms with Crippen molar-refractivity contribution in [2.24, 2.45) is 10.7 Å². The van der Waals surface area contributed by atoms with Crippen molar-refractivity contribution in [2.45, 2.75) is 39.5 Å². The molecular weight excluding hydrogens is 233 g/mol. The highest BCUT2D eigenvalue weighted by atomic mass is 31.0.